The molecule has 122 valence electrons. The first-order valence-electron chi connectivity index (χ1n) is 7.53. The fourth-order valence-electron chi connectivity index (χ4n) is 2.40. The molecule has 0 atom stereocenters. The Bertz CT molecular complexity index is 702. The van der Waals surface area contributed by atoms with Crippen LogP contribution in [0.2, 0.25) is 0 Å². The second-order valence-electron chi connectivity index (χ2n) is 5.17. The Morgan fingerprint density at radius 1 is 1.39 bits per heavy atom. The number of hydrogen-bond acceptors (Lipinski definition) is 6. The van der Waals surface area contributed by atoms with Gasteiger partial charge in [-0.3, -0.25) is 4.79 Å². The molecule has 3 rings (SSSR count). The summed E-state index contributed by atoms with van der Waals surface area (Å²) in [5.41, 5.74) is 7.02. The summed E-state index contributed by atoms with van der Waals surface area (Å²) in [5, 5.41) is 2.70. The lowest BCUT2D eigenvalue weighted by molar-refractivity contribution is 0.0747. The van der Waals surface area contributed by atoms with Crippen molar-refractivity contribution >= 4 is 17.2 Å². The third-order valence-electron chi connectivity index (χ3n) is 3.61. The number of ether oxygens (including phenoxy) is 2. The van der Waals surface area contributed by atoms with Gasteiger partial charge >= 0.3 is 0 Å². The van der Waals surface area contributed by atoms with E-state index in [2.05, 4.69) is 4.98 Å². The quantitative estimate of drug-likeness (QED) is 0.875. The molecule has 23 heavy (non-hydrogen) atoms. The summed E-state index contributed by atoms with van der Waals surface area (Å²) < 4.78 is 10.7. The van der Waals surface area contributed by atoms with Crippen LogP contribution in [0.25, 0.3) is 0 Å². The van der Waals surface area contributed by atoms with Crippen molar-refractivity contribution in [2.75, 3.05) is 19.9 Å². The number of carbonyl (C=O) groups excluding carboxylic acids is 1. The van der Waals surface area contributed by atoms with Crippen LogP contribution in [0.15, 0.2) is 23.6 Å². The molecular formula is C16H19N3O3S. The highest BCUT2D eigenvalue weighted by Crippen LogP contribution is 2.32. The molecule has 0 aliphatic carbocycles. The zero-order valence-electron chi connectivity index (χ0n) is 12.9. The van der Waals surface area contributed by atoms with Gasteiger partial charge in [-0.2, -0.15) is 0 Å². The van der Waals surface area contributed by atoms with E-state index >= 15 is 0 Å². The van der Waals surface area contributed by atoms with Crippen molar-refractivity contribution in [2.45, 2.75) is 19.9 Å². The summed E-state index contributed by atoms with van der Waals surface area (Å²) in [6.45, 7) is 3.86. The molecular weight excluding hydrogens is 314 g/mol. The van der Waals surface area contributed by atoms with Crippen molar-refractivity contribution in [2.24, 2.45) is 5.73 Å². The lowest BCUT2D eigenvalue weighted by Crippen LogP contribution is -2.30. The van der Waals surface area contributed by atoms with Crippen molar-refractivity contribution < 1.29 is 14.3 Å². The highest BCUT2D eigenvalue weighted by Gasteiger charge is 2.19. The van der Waals surface area contributed by atoms with Gasteiger partial charge in [-0.25, -0.2) is 4.98 Å². The van der Waals surface area contributed by atoms with E-state index in [-0.39, 0.29) is 12.7 Å². The van der Waals surface area contributed by atoms with Crippen molar-refractivity contribution in [3.63, 3.8) is 0 Å². The van der Waals surface area contributed by atoms with Gasteiger partial charge in [0.1, 0.15) is 5.69 Å². The molecule has 6 nitrogen and oxygen atoms in total. The normalized spacial score (nSPS) is 12.4. The third kappa shape index (κ3) is 3.46. The van der Waals surface area contributed by atoms with Crippen LogP contribution >= 0.6 is 11.3 Å². The number of nitrogens with two attached hydrogens (primary N) is 1. The molecule has 2 aromatic rings. The van der Waals surface area contributed by atoms with Crippen molar-refractivity contribution in [1.29, 1.82) is 0 Å². The Kier molecular flexibility index (Phi) is 4.78. The number of thiazole rings is 1. The van der Waals surface area contributed by atoms with E-state index in [0.29, 0.717) is 31.7 Å². The van der Waals surface area contributed by atoms with Gasteiger partial charge in [0.2, 0.25) is 6.79 Å². The number of rotatable bonds is 6. The maximum atomic E-state index is 12.6. The van der Waals surface area contributed by atoms with Gasteiger partial charge in [0.25, 0.3) is 5.91 Å². The molecule has 0 saturated heterocycles. The van der Waals surface area contributed by atoms with E-state index in [1.54, 1.807) is 10.3 Å². The zero-order valence-corrected chi connectivity index (χ0v) is 13.8. The summed E-state index contributed by atoms with van der Waals surface area (Å²) in [5.74, 6) is 1.41. The number of amides is 1. The van der Waals surface area contributed by atoms with Gasteiger partial charge in [-0.15, -0.1) is 11.3 Å². The summed E-state index contributed by atoms with van der Waals surface area (Å²) in [4.78, 5) is 18.7. The second kappa shape index (κ2) is 6.97. The minimum atomic E-state index is -0.0651. The van der Waals surface area contributed by atoms with Gasteiger partial charge in [-0.05, 0) is 31.2 Å². The highest BCUT2D eigenvalue weighted by atomic mass is 32.1. The Balaban J connectivity index is 1.72. The van der Waals surface area contributed by atoms with Gasteiger partial charge in [0.15, 0.2) is 11.5 Å². The fraction of sp³-hybridized carbons (Fsp3) is 0.375. The van der Waals surface area contributed by atoms with Crippen LogP contribution in [0.1, 0.15) is 28.0 Å². The third-order valence-corrected chi connectivity index (χ3v) is 4.52. The molecule has 1 aromatic heterocycles. The largest absolute Gasteiger partial charge is 0.454 e. The minimum Gasteiger partial charge on any atom is -0.454 e. The van der Waals surface area contributed by atoms with Crippen molar-refractivity contribution in [3.8, 4) is 11.5 Å². The predicted molar refractivity (Wildman–Crippen MR) is 87.9 cm³/mol. The summed E-state index contributed by atoms with van der Waals surface area (Å²) in [6, 6.07) is 5.74. The van der Waals surface area contributed by atoms with E-state index in [0.717, 1.165) is 22.1 Å². The summed E-state index contributed by atoms with van der Waals surface area (Å²) >= 11 is 1.48. The molecule has 1 aromatic carbocycles. The van der Waals surface area contributed by atoms with Crippen LogP contribution in [0, 0.1) is 0 Å². The number of carbonyl (C=O) groups is 1. The monoisotopic (exact) mass is 333 g/mol. The van der Waals surface area contributed by atoms with Crippen molar-refractivity contribution in [3.05, 3.63) is 39.8 Å². The van der Waals surface area contributed by atoms with Crippen LogP contribution in [0.3, 0.4) is 0 Å². The summed E-state index contributed by atoms with van der Waals surface area (Å²) in [7, 11) is 0. The molecule has 0 saturated carbocycles. The molecule has 2 heterocycles. The fourth-order valence-corrected chi connectivity index (χ4v) is 3.18. The first-order valence-corrected chi connectivity index (χ1v) is 8.41. The summed E-state index contributed by atoms with van der Waals surface area (Å²) in [6.07, 6.45) is 0.701. The van der Waals surface area contributed by atoms with Gasteiger partial charge in [0.05, 0.1) is 5.01 Å². The molecule has 1 amide bonds. The van der Waals surface area contributed by atoms with Crippen molar-refractivity contribution in [1.82, 2.24) is 9.88 Å². The Morgan fingerprint density at radius 3 is 3.00 bits per heavy atom. The molecule has 0 unspecified atom stereocenters. The maximum absolute atomic E-state index is 12.6. The van der Waals surface area contributed by atoms with Gasteiger partial charge in [0, 0.05) is 24.9 Å². The Hall–Kier alpha value is -2.12. The van der Waals surface area contributed by atoms with Gasteiger partial charge < -0.3 is 20.1 Å². The van der Waals surface area contributed by atoms with E-state index < -0.39 is 0 Å². The van der Waals surface area contributed by atoms with Crippen LogP contribution in [0.4, 0.5) is 0 Å². The first-order chi connectivity index (χ1) is 11.2. The number of aromatic nitrogens is 1. The Morgan fingerprint density at radius 2 is 2.22 bits per heavy atom. The molecule has 0 spiro atoms. The molecule has 7 heteroatoms. The van der Waals surface area contributed by atoms with Crippen LogP contribution in [-0.2, 0) is 13.0 Å². The SMILES string of the molecule is CCN(Cc1ccc2c(c1)OCO2)C(=O)c1csc(CCN)n1. The lowest BCUT2D eigenvalue weighted by Gasteiger charge is -2.20. The van der Waals surface area contributed by atoms with E-state index in [1.807, 2.05) is 25.1 Å². The molecule has 2 N–H and O–H groups in total. The van der Waals surface area contributed by atoms with E-state index in [9.17, 15) is 4.79 Å². The van der Waals surface area contributed by atoms with Crippen LogP contribution < -0.4 is 15.2 Å². The topological polar surface area (TPSA) is 77.7 Å². The standard InChI is InChI=1S/C16H19N3O3S/c1-2-19(16(20)12-9-23-15(18-12)5-6-17)8-11-3-4-13-14(7-11)22-10-21-13/h3-4,7,9H,2,5-6,8,10,17H2,1H3. The minimum absolute atomic E-state index is 0.0651. The molecule has 1 aliphatic rings. The molecule has 1 aliphatic heterocycles. The number of nitrogens with zero attached hydrogens (tertiary/aromatic N) is 2. The zero-order chi connectivity index (χ0) is 16.2. The average Bonchev–Trinajstić information content (AvgIpc) is 3.21. The molecule has 0 radical (unpaired) electrons. The maximum Gasteiger partial charge on any atom is 0.273 e. The number of hydrogen-bond donors (Lipinski definition) is 1. The highest BCUT2D eigenvalue weighted by molar-refractivity contribution is 7.09. The Labute approximate surface area is 138 Å². The molecule has 0 fully saturated rings. The van der Waals surface area contributed by atoms with Crippen LogP contribution in [0.5, 0.6) is 11.5 Å². The van der Waals surface area contributed by atoms with E-state index in [1.165, 1.54) is 11.3 Å². The number of fused-ring (bicyclic) bond motifs is 1. The number of benzene rings is 1. The van der Waals surface area contributed by atoms with Gasteiger partial charge in [-0.1, -0.05) is 6.07 Å². The molecule has 0 bridgehead atoms. The lowest BCUT2D eigenvalue weighted by atomic mass is 10.2. The second-order valence-corrected chi connectivity index (χ2v) is 6.11. The predicted octanol–water partition coefficient (Wildman–Crippen LogP) is 2.04. The van der Waals surface area contributed by atoms with Crippen LogP contribution in [-0.4, -0.2) is 35.7 Å². The van der Waals surface area contributed by atoms with E-state index in [4.69, 9.17) is 15.2 Å². The first kappa shape index (κ1) is 15.8. The smallest absolute Gasteiger partial charge is 0.273 e. The average molecular weight is 333 g/mol.